The average Bonchev–Trinajstić information content (AvgIpc) is 3.07. The predicted octanol–water partition coefficient (Wildman–Crippen LogP) is 5.07. The fourth-order valence-electron chi connectivity index (χ4n) is 4.88. The fraction of sp³-hybridized carbons (Fsp3) is 0.115. The molecule has 29 heavy (non-hydrogen) atoms. The van der Waals surface area contributed by atoms with Crippen LogP contribution < -0.4 is 10.4 Å². The molecule has 0 saturated carbocycles. The molecule has 0 saturated heterocycles. The summed E-state index contributed by atoms with van der Waals surface area (Å²) in [4.78, 5) is 15.6. The molecule has 0 aromatic heterocycles. The van der Waals surface area contributed by atoms with Gasteiger partial charge < -0.3 is 0 Å². The highest BCUT2D eigenvalue weighted by atomic mass is 28.3. The van der Waals surface area contributed by atoms with E-state index in [9.17, 15) is 4.79 Å². The van der Waals surface area contributed by atoms with E-state index in [-0.39, 0.29) is 6.04 Å². The van der Waals surface area contributed by atoms with Gasteiger partial charge >= 0.3 is 0 Å². The SMILES string of the molecule is C[Si](C)(c1cccc2c1C(N=C=O)c1ccccc1-2)c1cccc2ccccc12. The Bertz CT molecular complexity index is 1300. The molecule has 0 N–H and O–H groups in total. The van der Waals surface area contributed by atoms with E-state index in [2.05, 4.69) is 96.9 Å². The minimum absolute atomic E-state index is 0.267. The molecular weight excluding hydrogens is 370 g/mol. The van der Waals surface area contributed by atoms with Crippen molar-refractivity contribution < 1.29 is 4.79 Å². The molecule has 140 valence electrons. The highest BCUT2D eigenvalue weighted by Gasteiger charge is 2.37. The van der Waals surface area contributed by atoms with Gasteiger partial charge in [0.1, 0.15) is 14.1 Å². The van der Waals surface area contributed by atoms with Crippen LogP contribution in [-0.4, -0.2) is 14.2 Å². The van der Waals surface area contributed by atoms with Crippen molar-refractivity contribution in [2.75, 3.05) is 0 Å². The first-order valence-electron chi connectivity index (χ1n) is 9.91. The predicted molar refractivity (Wildman–Crippen MR) is 123 cm³/mol. The van der Waals surface area contributed by atoms with Crippen molar-refractivity contribution in [2.45, 2.75) is 19.1 Å². The summed E-state index contributed by atoms with van der Waals surface area (Å²) in [5, 5.41) is 5.33. The van der Waals surface area contributed by atoms with Crippen molar-refractivity contribution in [2.24, 2.45) is 4.99 Å². The van der Waals surface area contributed by atoms with Gasteiger partial charge in [-0.25, -0.2) is 4.79 Å². The van der Waals surface area contributed by atoms with Gasteiger partial charge in [-0.1, -0.05) is 98.0 Å². The third-order valence-corrected chi connectivity index (χ3v) is 9.81. The van der Waals surface area contributed by atoms with Crippen LogP contribution >= 0.6 is 0 Å². The first kappa shape index (κ1) is 17.8. The van der Waals surface area contributed by atoms with Gasteiger partial charge in [0.25, 0.3) is 0 Å². The normalized spacial score (nSPS) is 14.9. The van der Waals surface area contributed by atoms with Crippen molar-refractivity contribution >= 4 is 35.3 Å². The van der Waals surface area contributed by atoms with Crippen LogP contribution in [0, 0.1) is 0 Å². The summed E-state index contributed by atoms with van der Waals surface area (Å²) in [5.41, 5.74) is 4.65. The van der Waals surface area contributed by atoms with Crippen LogP contribution in [0.1, 0.15) is 17.2 Å². The van der Waals surface area contributed by atoms with Crippen LogP contribution in [0.25, 0.3) is 21.9 Å². The Kier molecular flexibility index (Phi) is 4.09. The monoisotopic (exact) mass is 391 g/mol. The summed E-state index contributed by atoms with van der Waals surface area (Å²) in [5.74, 6) is 0. The zero-order valence-electron chi connectivity index (χ0n) is 16.5. The Hall–Kier alpha value is -3.26. The molecule has 5 rings (SSSR count). The summed E-state index contributed by atoms with van der Waals surface area (Å²) < 4.78 is 0. The van der Waals surface area contributed by atoms with Crippen LogP contribution in [0.2, 0.25) is 13.1 Å². The summed E-state index contributed by atoms with van der Waals surface area (Å²) in [6.45, 7) is 4.80. The molecule has 1 unspecified atom stereocenters. The molecule has 0 bridgehead atoms. The largest absolute Gasteiger partial charge is 0.235 e. The van der Waals surface area contributed by atoms with Crippen molar-refractivity contribution in [1.29, 1.82) is 0 Å². The lowest BCUT2D eigenvalue weighted by atomic mass is 10.1. The summed E-state index contributed by atoms with van der Waals surface area (Å²) in [6, 6.07) is 29.8. The summed E-state index contributed by atoms with van der Waals surface area (Å²) in [7, 11) is -2.08. The molecule has 1 aliphatic carbocycles. The van der Waals surface area contributed by atoms with E-state index in [1.807, 2.05) is 12.1 Å². The molecule has 4 aromatic rings. The van der Waals surface area contributed by atoms with E-state index in [0.717, 1.165) is 5.56 Å². The maximum atomic E-state index is 11.3. The zero-order chi connectivity index (χ0) is 20.0. The first-order valence-corrected chi connectivity index (χ1v) is 12.9. The molecule has 0 amide bonds. The molecule has 0 fully saturated rings. The number of benzene rings is 4. The standard InChI is InChI=1S/C26H21NOSi/c1-29(2,23-15-7-10-18-9-3-4-11-19(18)23)24-16-8-14-21-20-12-5-6-13-22(20)26(25(21)24)27-17-28/h3-16,26H,1-2H3. The first-order chi connectivity index (χ1) is 14.1. The van der Waals surface area contributed by atoms with Gasteiger partial charge in [0, 0.05) is 0 Å². The highest BCUT2D eigenvalue weighted by molar-refractivity contribution is 7.02. The van der Waals surface area contributed by atoms with Crippen LogP contribution in [0.4, 0.5) is 0 Å². The summed E-state index contributed by atoms with van der Waals surface area (Å²) >= 11 is 0. The van der Waals surface area contributed by atoms with Gasteiger partial charge in [-0.3, -0.25) is 0 Å². The minimum atomic E-state index is -2.08. The van der Waals surface area contributed by atoms with Crippen LogP contribution in [-0.2, 0) is 4.79 Å². The number of isocyanates is 1. The van der Waals surface area contributed by atoms with E-state index in [4.69, 9.17) is 0 Å². The molecule has 1 aliphatic rings. The van der Waals surface area contributed by atoms with E-state index in [1.165, 1.54) is 37.8 Å². The number of hydrogen-bond donors (Lipinski definition) is 0. The van der Waals surface area contributed by atoms with Crippen molar-refractivity contribution in [3.8, 4) is 11.1 Å². The number of carbonyl (C=O) groups excluding carboxylic acids is 1. The van der Waals surface area contributed by atoms with Gasteiger partial charge in [-0.15, -0.1) is 0 Å². The van der Waals surface area contributed by atoms with Crippen molar-refractivity contribution in [3.63, 3.8) is 0 Å². The van der Waals surface area contributed by atoms with Gasteiger partial charge in [0.2, 0.25) is 6.08 Å². The summed E-state index contributed by atoms with van der Waals surface area (Å²) in [6.07, 6.45) is 1.83. The Morgan fingerprint density at radius 3 is 2.28 bits per heavy atom. The van der Waals surface area contributed by atoms with Crippen LogP contribution in [0.15, 0.2) is 89.9 Å². The number of hydrogen-bond acceptors (Lipinski definition) is 2. The Morgan fingerprint density at radius 2 is 1.41 bits per heavy atom. The Balaban J connectivity index is 1.80. The van der Waals surface area contributed by atoms with Gasteiger partial charge in [-0.2, -0.15) is 4.99 Å². The molecule has 0 radical (unpaired) electrons. The van der Waals surface area contributed by atoms with E-state index in [0.29, 0.717) is 0 Å². The van der Waals surface area contributed by atoms with Gasteiger partial charge in [-0.05, 0) is 43.4 Å². The smallest absolute Gasteiger partial charge is 0.211 e. The number of rotatable bonds is 3. The van der Waals surface area contributed by atoms with E-state index < -0.39 is 8.07 Å². The maximum Gasteiger partial charge on any atom is 0.235 e. The number of aliphatic imine (C=N–C) groups is 1. The number of fused-ring (bicyclic) bond motifs is 4. The lowest BCUT2D eigenvalue weighted by Crippen LogP contribution is -2.54. The molecule has 0 heterocycles. The molecular formula is C26H21NOSi. The van der Waals surface area contributed by atoms with E-state index in [1.54, 1.807) is 0 Å². The fourth-order valence-corrected chi connectivity index (χ4v) is 8.04. The van der Waals surface area contributed by atoms with Crippen LogP contribution in [0.5, 0.6) is 0 Å². The number of nitrogens with zero attached hydrogens (tertiary/aromatic N) is 1. The average molecular weight is 392 g/mol. The Morgan fingerprint density at radius 1 is 0.759 bits per heavy atom. The quantitative estimate of drug-likeness (QED) is 0.272. The van der Waals surface area contributed by atoms with Gasteiger partial charge in [0.15, 0.2) is 0 Å². The molecule has 3 heteroatoms. The molecule has 4 aromatic carbocycles. The molecule has 0 spiro atoms. The molecule has 0 aliphatic heterocycles. The van der Waals surface area contributed by atoms with Crippen molar-refractivity contribution in [1.82, 2.24) is 0 Å². The van der Waals surface area contributed by atoms with Gasteiger partial charge in [0.05, 0.1) is 0 Å². The maximum absolute atomic E-state index is 11.3. The third-order valence-electron chi connectivity index (χ3n) is 6.24. The highest BCUT2D eigenvalue weighted by Crippen LogP contribution is 2.44. The lowest BCUT2D eigenvalue weighted by Gasteiger charge is -2.29. The molecule has 2 nitrogen and oxygen atoms in total. The minimum Gasteiger partial charge on any atom is -0.211 e. The zero-order valence-corrected chi connectivity index (χ0v) is 17.5. The second-order valence-electron chi connectivity index (χ2n) is 8.13. The Labute approximate surface area is 171 Å². The topological polar surface area (TPSA) is 29.4 Å². The van der Waals surface area contributed by atoms with Crippen molar-refractivity contribution in [3.05, 3.63) is 96.1 Å². The van der Waals surface area contributed by atoms with Crippen LogP contribution in [0.3, 0.4) is 0 Å². The lowest BCUT2D eigenvalue weighted by molar-refractivity contribution is 0.561. The second-order valence-corrected chi connectivity index (χ2v) is 12.5. The second kappa shape index (κ2) is 6.66. The third kappa shape index (κ3) is 2.63. The molecule has 1 atom stereocenters. The van der Waals surface area contributed by atoms with E-state index >= 15 is 0 Å².